The molecule has 0 bridgehead atoms. The fourth-order valence-corrected chi connectivity index (χ4v) is 1.97. The Kier molecular flexibility index (Phi) is 3.77. The summed E-state index contributed by atoms with van der Waals surface area (Å²) in [4.78, 5) is 2.01. The Morgan fingerprint density at radius 3 is 2.22 bits per heavy atom. The summed E-state index contributed by atoms with van der Waals surface area (Å²) in [5, 5.41) is 0. The Balaban J connectivity index is 2.49. The molecule has 1 heterocycles. The predicted molar refractivity (Wildman–Crippen MR) is 71.1 cm³/mol. The summed E-state index contributed by atoms with van der Waals surface area (Å²) in [6.45, 7) is 0.719. The standard InChI is InChI=1S/C14H17NO3/c1-16-11-7-6-8-12(17-2)14(11)15-10-5-4-9-13(15)18-3/h4-9H,10H2,1-3H3. The molecule has 0 aromatic heterocycles. The van der Waals surface area contributed by atoms with Crippen LogP contribution >= 0.6 is 0 Å². The number of methoxy groups -OCH3 is 3. The van der Waals surface area contributed by atoms with E-state index in [9.17, 15) is 0 Å². The van der Waals surface area contributed by atoms with Crippen LogP contribution in [0.3, 0.4) is 0 Å². The number of anilines is 1. The Hall–Kier alpha value is -2.10. The van der Waals surface area contributed by atoms with E-state index in [-0.39, 0.29) is 0 Å². The number of benzene rings is 1. The highest BCUT2D eigenvalue weighted by Gasteiger charge is 2.21. The molecule has 1 aromatic carbocycles. The zero-order valence-corrected chi connectivity index (χ0v) is 10.8. The van der Waals surface area contributed by atoms with Crippen LogP contribution in [0.5, 0.6) is 11.5 Å². The molecule has 0 fully saturated rings. The van der Waals surface area contributed by atoms with E-state index in [4.69, 9.17) is 14.2 Å². The quantitative estimate of drug-likeness (QED) is 0.818. The summed E-state index contributed by atoms with van der Waals surface area (Å²) < 4.78 is 16.2. The van der Waals surface area contributed by atoms with Crippen LogP contribution in [-0.4, -0.2) is 27.9 Å². The molecule has 0 saturated carbocycles. The molecule has 4 nitrogen and oxygen atoms in total. The van der Waals surface area contributed by atoms with Crippen LogP contribution < -0.4 is 14.4 Å². The summed E-state index contributed by atoms with van der Waals surface area (Å²) >= 11 is 0. The minimum atomic E-state index is 0.719. The Morgan fingerprint density at radius 2 is 1.67 bits per heavy atom. The van der Waals surface area contributed by atoms with Gasteiger partial charge in [0.1, 0.15) is 17.2 Å². The largest absolute Gasteiger partial charge is 0.494 e. The third kappa shape index (κ3) is 2.14. The fourth-order valence-electron chi connectivity index (χ4n) is 1.97. The summed E-state index contributed by atoms with van der Waals surface area (Å²) in [5.74, 6) is 2.28. The van der Waals surface area contributed by atoms with Crippen LogP contribution in [0.4, 0.5) is 5.69 Å². The van der Waals surface area contributed by atoms with Crippen molar-refractivity contribution in [3.05, 3.63) is 42.3 Å². The van der Waals surface area contributed by atoms with Gasteiger partial charge in [-0.3, -0.25) is 0 Å². The molecule has 0 spiro atoms. The van der Waals surface area contributed by atoms with Crippen molar-refractivity contribution in [3.63, 3.8) is 0 Å². The Bertz CT molecular complexity index is 458. The maximum atomic E-state index is 5.41. The van der Waals surface area contributed by atoms with E-state index in [0.717, 1.165) is 29.6 Å². The smallest absolute Gasteiger partial charge is 0.194 e. The molecule has 0 aliphatic carbocycles. The maximum absolute atomic E-state index is 5.41. The molecule has 1 aliphatic rings. The summed E-state index contributed by atoms with van der Waals surface area (Å²) in [7, 11) is 4.95. The molecule has 0 unspecified atom stereocenters. The number of hydrogen-bond donors (Lipinski definition) is 0. The molecule has 1 aromatic rings. The Morgan fingerprint density at radius 1 is 1.00 bits per heavy atom. The lowest BCUT2D eigenvalue weighted by Crippen LogP contribution is -2.26. The normalized spacial score (nSPS) is 14.2. The monoisotopic (exact) mass is 247 g/mol. The number of para-hydroxylation sites is 1. The van der Waals surface area contributed by atoms with Crippen LogP contribution in [0, 0.1) is 0 Å². The molecule has 0 N–H and O–H groups in total. The van der Waals surface area contributed by atoms with Gasteiger partial charge >= 0.3 is 0 Å². The van der Waals surface area contributed by atoms with Crippen LogP contribution in [0.2, 0.25) is 0 Å². The second-order valence-electron chi connectivity index (χ2n) is 3.76. The van der Waals surface area contributed by atoms with E-state index in [1.165, 1.54) is 0 Å². The molecule has 0 atom stereocenters. The van der Waals surface area contributed by atoms with Gasteiger partial charge in [0.05, 0.1) is 21.3 Å². The molecule has 4 heteroatoms. The molecular weight excluding hydrogens is 230 g/mol. The minimum Gasteiger partial charge on any atom is -0.494 e. The topological polar surface area (TPSA) is 30.9 Å². The third-order valence-electron chi connectivity index (χ3n) is 2.81. The predicted octanol–water partition coefficient (Wildman–Crippen LogP) is 2.57. The van der Waals surface area contributed by atoms with E-state index >= 15 is 0 Å². The summed E-state index contributed by atoms with van der Waals surface area (Å²) in [6, 6.07) is 5.71. The summed E-state index contributed by atoms with van der Waals surface area (Å²) in [6.07, 6.45) is 5.93. The highest BCUT2D eigenvalue weighted by molar-refractivity contribution is 5.71. The first-order chi connectivity index (χ1) is 8.81. The van der Waals surface area contributed by atoms with Crippen molar-refractivity contribution in [2.24, 2.45) is 0 Å². The van der Waals surface area contributed by atoms with Crippen LogP contribution in [-0.2, 0) is 4.74 Å². The zero-order chi connectivity index (χ0) is 13.0. The number of rotatable bonds is 4. The van der Waals surface area contributed by atoms with E-state index in [1.54, 1.807) is 21.3 Å². The lowest BCUT2D eigenvalue weighted by molar-refractivity contribution is 0.277. The van der Waals surface area contributed by atoms with Gasteiger partial charge < -0.3 is 19.1 Å². The highest BCUT2D eigenvalue weighted by Crippen LogP contribution is 2.40. The van der Waals surface area contributed by atoms with E-state index in [2.05, 4.69) is 6.08 Å². The third-order valence-corrected chi connectivity index (χ3v) is 2.81. The van der Waals surface area contributed by atoms with Crippen molar-refractivity contribution in [2.45, 2.75) is 0 Å². The van der Waals surface area contributed by atoms with Gasteiger partial charge in [0.25, 0.3) is 0 Å². The van der Waals surface area contributed by atoms with E-state index < -0.39 is 0 Å². The van der Waals surface area contributed by atoms with E-state index in [1.807, 2.05) is 35.3 Å². The number of ether oxygens (including phenoxy) is 3. The van der Waals surface area contributed by atoms with Crippen molar-refractivity contribution in [3.8, 4) is 11.5 Å². The highest BCUT2D eigenvalue weighted by atomic mass is 16.5. The molecule has 18 heavy (non-hydrogen) atoms. The van der Waals surface area contributed by atoms with Crippen molar-refractivity contribution >= 4 is 5.69 Å². The minimum absolute atomic E-state index is 0.719. The van der Waals surface area contributed by atoms with Gasteiger partial charge in [-0.05, 0) is 18.2 Å². The first-order valence-electron chi connectivity index (χ1n) is 5.71. The van der Waals surface area contributed by atoms with Crippen molar-refractivity contribution in [1.82, 2.24) is 0 Å². The van der Waals surface area contributed by atoms with Crippen molar-refractivity contribution in [1.29, 1.82) is 0 Å². The SMILES string of the molecule is COC1=CC=CCN1c1c(OC)cccc1OC. The summed E-state index contributed by atoms with van der Waals surface area (Å²) in [5.41, 5.74) is 0.875. The average Bonchev–Trinajstić information content (AvgIpc) is 2.46. The van der Waals surface area contributed by atoms with Gasteiger partial charge in [-0.2, -0.15) is 0 Å². The first kappa shape index (κ1) is 12.4. The molecule has 96 valence electrons. The zero-order valence-electron chi connectivity index (χ0n) is 10.8. The lowest BCUT2D eigenvalue weighted by Gasteiger charge is -2.29. The second kappa shape index (κ2) is 5.49. The molecule has 0 radical (unpaired) electrons. The average molecular weight is 247 g/mol. The molecular formula is C14H17NO3. The lowest BCUT2D eigenvalue weighted by atomic mass is 10.2. The van der Waals surface area contributed by atoms with Crippen LogP contribution in [0.1, 0.15) is 0 Å². The van der Waals surface area contributed by atoms with E-state index in [0.29, 0.717) is 0 Å². The second-order valence-corrected chi connectivity index (χ2v) is 3.76. The first-order valence-corrected chi connectivity index (χ1v) is 5.71. The van der Waals surface area contributed by atoms with Gasteiger partial charge in [-0.15, -0.1) is 0 Å². The molecule has 0 saturated heterocycles. The fraction of sp³-hybridized carbons (Fsp3) is 0.286. The van der Waals surface area contributed by atoms with Gasteiger partial charge in [0.15, 0.2) is 5.88 Å². The number of allylic oxidation sites excluding steroid dienone is 2. The van der Waals surface area contributed by atoms with Crippen molar-refractivity contribution in [2.75, 3.05) is 32.8 Å². The molecule has 0 amide bonds. The van der Waals surface area contributed by atoms with Crippen molar-refractivity contribution < 1.29 is 14.2 Å². The van der Waals surface area contributed by atoms with Gasteiger partial charge in [-0.1, -0.05) is 18.2 Å². The van der Waals surface area contributed by atoms with Crippen LogP contribution in [0.25, 0.3) is 0 Å². The Labute approximate surface area is 107 Å². The maximum Gasteiger partial charge on any atom is 0.194 e. The number of nitrogens with zero attached hydrogens (tertiary/aromatic N) is 1. The van der Waals surface area contributed by atoms with Gasteiger partial charge in [0.2, 0.25) is 0 Å². The van der Waals surface area contributed by atoms with Gasteiger partial charge in [-0.25, -0.2) is 0 Å². The molecule has 1 aliphatic heterocycles. The van der Waals surface area contributed by atoms with Gasteiger partial charge in [0, 0.05) is 6.54 Å². The van der Waals surface area contributed by atoms with Crippen LogP contribution in [0.15, 0.2) is 42.3 Å². The molecule has 2 rings (SSSR count). The number of hydrogen-bond acceptors (Lipinski definition) is 4.